The Bertz CT molecular complexity index is 1110. The van der Waals surface area contributed by atoms with Crippen LogP contribution in [0.4, 0.5) is 4.79 Å². The first-order valence-corrected chi connectivity index (χ1v) is 12.8. The van der Waals surface area contributed by atoms with Gasteiger partial charge in [-0.3, -0.25) is 9.59 Å². The number of nitrogens with one attached hydrogen (secondary N) is 2. The van der Waals surface area contributed by atoms with E-state index in [2.05, 4.69) is 23.5 Å². The molecule has 3 amide bonds. The van der Waals surface area contributed by atoms with Crippen molar-refractivity contribution >= 4 is 17.9 Å². The first-order chi connectivity index (χ1) is 17.9. The summed E-state index contributed by atoms with van der Waals surface area (Å²) in [5.74, 6) is 1.84. The van der Waals surface area contributed by atoms with Crippen LogP contribution in [0.25, 0.3) is 0 Å². The van der Waals surface area contributed by atoms with E-state index in [0.717, 1.165) is 19.3 Å². The number of phenolic OH excluding ortho intramolecular Hbond substituents is 1. The molecule has 2 atom stereocenters. The van der Waals surface area contributed by atoms with Crippen molar-refractivity contribution in [2.75, 3.05) is 13.6 Å². The number of ether oxygens (including phenoxy) is 1. The van der Waals surface area contributed by atoms with E-state index in [4.69, 9.17) is 11.2 Å². The molecule has 0 saturated carbocycles. The third-order valence-electron chi connectivity index (χ3n) is 5.82. The lowest BCUT2D eigenvalue weighted by molar-refractivity contribution is -0.140. The summed E-state index contributed by atoms with van der Waals surface area (Å²) >= 11 is 0. The van der Waals surface area contributed by atoms with Gasteiger partial charge in [-0.2, -0.15) is 0 Å². The maximum absolute atomic E-state index is 13.8. The van der Waals surface area contributed by atoms with Gasteiger partial charge in [0, 0.05) is 25.6 Å². The van der Waals surface area contributed by atoms with Crippen LogP contribution in [-0.4, -0.2) is 53.1 Å². The number of benzene rings is 2. The highest BCUT2D eigenvalue weighted by molar-refractivity contribution is 5.92. The van der Waals surface area contributed by atoms with Crippen molar-refractivity contribution in [1.29, 1.82) is 0 Å². The molecular weight excluding hydrogens is 482 g/mol. The number of carbonyl (C=O) groups is 3. The molecule has 2 aromatic rings. The first-order valence-electron chi connectivity index (χ1n) is 12.8. The SMILES string of the molecule is C#Cc1ccc(C(C(=O)NCCCCC)N(C)C(=O)C(Cc2ccc(O)cc2)NC(=O)OC(C)(C)C)cc1. The van der Waals surface area contributed by atoms with E-state index in [0.29, 0.717) is 23.2 Å². The lowest BCUT2D eigenvalue weighted by atomic mass is 10.00. The highest BCUT2D eigenvalue weighted by Gasteiger charge is 2.34. The van der Waals surface area contributed by atoms with Crippen LogP contribution in [-0.2, 0) is 20.7 Å². The standard InChI is InChI=1S/C30H39N3O5/c1-7-9-10-19-31-27(35)26(23-15-11-21(8-2)12-16-23)33(6)28(36)25(32-29(37)38-30(3,4)5)20-22-13-17-24(34)18-14-22/h2,11-18,25-26,34H,7,9-10,19-20H2,1,3-6H3,(H,31,35)(H,32,37). The molecule has 8 heteroatoms. The maximum Gasteiger partial charge on any atom is 0.408 e. The van der Waals surface area contributed by atoms with Crippen LogP contribution in [0.2, 0.25) is 0 Å². The maximum atomic E-state index is 13.8. The third kappa shape index (κ3) is 9.47. The number of phenols is 1. The Morgan fingerprint density at radius 3 is 2.24 bits per heavy atom. The van der Waals surface area contributed by atoms with Crippen LogP contribution in [0.1, 0.15) is 69.7 Å². The van der Waals surface area contributed by atoms with E-state index >= 15 is 0 Å². The summed E-state index contributed by atoms with van der Waals surface area (Å²) in [7, 11) is 1.54. The average Bonchev–Trinajstić information content (AvgIpc) is 2.86. The van der Waals surface area contributed by atoms with E-state index < -0.39 is 29.7 Å². The Hall–Kier alpha value is -3.99. The number of amides is 3. The fourth-order valence-electron chi connectivity index (χ4n) is 3.89. The second-order valence-electron chi connectivity index (χ2n) is 10.2. The van der Waals surface area contributed by atoms with Gasteiger partial charge >= 0.3 is 6.09 Å². The molecule has 8 nitrogen and oxygen atoms in total. The van der Waals surface area contributed by atoms with Crippen LogP contribution in [0.15, 0.2) is 48.5 Å². The average molecular weight is 522 g/mol. The summed E-state index contributed by atoms with van der Waals surface area (Å²) in [4.78, 5) is 41.2. The molecule has 0 spiro atoms. The Morgan fingerprint density at radius 1 is 1.05 bits per heavy atom. The molecule has 0 fully saturated rings. The van der Waals surface area contributed by atoms with Crippen molar-refractivity contribution in [3.63, 3.8) is 0 Å². The topological polar surface area (TPSA) is 108 Å². The van der Waals surface area contributed by atoms with Crippen molar-refractivity contribution in [3.8, 4) is 18.1 Å². The second kappa shape index (κ2) is 14.1. The number of nitrogens with zero attached hydrogens (tertiary/aromatic N) is 1. The zero-order valence-corrected chi connectivity index (χ0v) is 22.9. The summed E-state index contributed by atoms with van der Waals surface area (Å²) < 4.78 is 5.39. The van der Waals surface area contributed by atoms with Crippen molar-refractivity contribution in [1.82, 2.24) is 15.5 Å². The van der Waals surface area contributed by atoms with Gasteiger partial charge in [0.1, 0.15) is 23.4 Å². The van der Waals surface area contributed by atoms with E-state index in [9.17, 15) is 19.5 Å². The van der Waals surface area contributed by atoms with Crippen LogP contribution < -0.4 is 10.6 Å². The fourth-order valence-corrected chi connectivity index (χ4v) is 3.89. The monoisotopic (exact) mass is 521 g/mol. The zero-order valence-electron chi connectivity index (χ0n) is 22.9. The van der Waals surface area contributed by atoms with Crippen LogP contribution >= 0.6 is 0 Å². The second-order valence-corrected chi connectivity index (χ2v) is 10.2. The Balaban J connectivity index is 2.37. The molecule has 0 heterocycles. The minimum absolute atomic E-state index is 0.0871. The summed E-state index contributed by atoms with van der Waals surface area (Å²) in [6, 6.07) is 11.3. The van der Waals surface area contributed by atoms with Gasteiger partial charge in [0.25, 0.3) is 0 Å². The van der Waals surface area contributed by atoms with Crippen molar-refractivity contribution in [2.24, 2.45) is 0 Å². The highest BCUT2D eigenvalue weighted by Crippen LogP contribution is 2.23. The van der Waals surface area contributed by atoms with Gasteiger partial charge in [-0.25, -0.2) is 4.79 Å². The molecule has 0 aromatic heterocycles. The summed E-state index contributed by atoms with van der Waals surface area (Å²) in [6.07, 6.45) is 7.69. The predicted molar refractivity (Wildman–Crippen MR) is 147 cm³/mol. The molecule has 0 aliphatic rings. The van der Waals surface area contributed by atoms with Gasteiger partial charge in [-0.05, 0) is 62.6 Å². The molecule has 0 bridgehead atoms. The summed E-state index contributed by atoms with van der Waals surface area (Å²) in [6.45, 7) is 7.76. The normalized spacial score (nSPS) is 12.5. The number of rotatable bonds is 11. The molecule has 204 valence electrons. The highest BCUT2D eigenvalue weighted by atomic mass is 16.6. The molecular formula is C30H39N3O5. The Labute approximate surface area is 225 Å². The number of aromatic hydroxyl groups is 1. The molecule has 38 heavy (non-hydrogen) atoms. The lowest BCUT2D eigenvalue weighted by Crippen LogP contribution is -2.52. The van der Waals surface area contributed by atoms with Crippen LogP contribution in [0, 0.1) is 12.3 Å². The summed E-state index contributed by atoms with van der Waals surface area (Å²) in [5, 5.41) is 15.2. The zero-order chi connectivity index (χ0) is 28.3. The smallest absolute Gasteiger partial charge is 0.408 e. The molecule has 0 aliphatic heterocycles. The minimum Gasteiger partial charge on any atom is -0.508 e. The summed E-state index contributed by atoms with van der Waals surface area (Å²) in [5.41, 5.74) is 1.20. The molecule has 0 radical (unpaired) electrons. The quantitative estimate of drug-likeness (QED) is 0.302. The van der Waals surface area contributed by atoms with Crippen molar-refractivity contribution < 1.29 is 24.2 Å². The van der Waals surface area contributed by atoms with E-state index in [1.807, 2.05) is 0 Å². The van der Waals surface area contributed by atoms with Gasteiger partial charge in [-0.1, -0.05) is 50.0 Å². The van der Waals surface area contributed by atoms with Gasteiger partial charge in [0.15, 0.2) is 0 Å². The Morgan fingerprint density at radius 2 is 1.68 bits per heavy atom. The van der Waals surface area contributed by atoms with Crippen molar-refractivity contribution in [2.45, 2.75) is 71.1 Å². The van der Waals surface area contributed by atoms with Gasteiger partial charge in [0.2, 0.25) is 11.8 Å². The number of hydrogen-bond donors (Lipinski definition) is 3. The van der Waals surface area contributed by atoms with Crippen LogP contribution in [0.3, 0.4) is 0 Å². The molecule has 2 aromatic carbocycles. The molecule has 2 rings (SSSR count). The Kier molecular flexibility index (Phi) is 11.2. The number of hydrogen-bond acceptors (Lipinski definition) is 5. The number of carbonyl (C=O) groups excluding carboxylic acids is 3. The number of terminal acetylenes is 1. The first kappa shape index (κ1) is 30.2. The number of unbranched alkanes of at least 4 members (excludes halogenated alkanes) is 2. The van der Waals surface area contributed by atoms with Gasteiger partial charge in [0.05, 0.1) is 0 Å². The van der Waals surface area contributed by atoms with Crippen LogP contribution in [0.5, 0.6) is 5.75 Å². The molecule has 0 saturated heterocycles. The van der Waals surface area contributed by atoms with E-state index in [1.54, 1.807) is 57.2 Å². The third-order valence-corrected chi connectivity index (χ3v) is 5.82. The van der Waals surface area contributed by atoms with Gasteiger partial charge < -0.3 is 25.4 Å². The van der Waals surface area contributed by atoms with E-state index in [1.165, 1.54) is 24.1 Å². The van der Waals surface area contributed by atoms with Crippen molar-refractivity contribution in [3.05, 3.63) is 65.2 Å². The molecule has 0 aliphatic carbocycles. The van der Waals surface area contributed by atoms with E-state index in [-0.39, 0.29) is 18.1 Å². The largest absolute Gasteiger partial charge is 0.508 e. The minimum atomic E-state index is -1.03. The predicted octanol–water partition coefficient (Wildman–Crippen LogP) is 4.32. The molecule has 3 N–H and O–H groups in total. The number of alkyl carbamates (subject to hydrolysis) is 1. The number of likely N-dealkylation sites (N-methyl/N-ethyl adjacent to an activating group) is 1. The molecule has 2 unspecified atom stereocenters. The van der Waals surface area contributed by atoms with Gasteiger partial charge in [-0.15, -0.1) is 6.42 Å². The lowest BCUT2D eigenvalue weighted by Gasteiger charge is -2.32. The fraction of sp³-hybridized carbons (Fsp3) is 0.433.